The summed E-state index contributed by atoms with van der Waals surface area (Å²) in [4.78, 5) is 26.2. The molecule has 0 aliphatic carbocycles. The zero-order valence-corrected chi connectivity index (χ0v) is 16.0. The fourth-order valence-corrected chi connectivity index (χ4v) is 3.44. The van der Waals surface area contributed by atoms with Gasteiger partial charge in [0.25, 0.3) is 0 Å². The van der Waals surface area contributed by atoms with E-state index in [9.17, 15) is 31.5 Å². The van der Waals surface area contributed by atoms with Crippen molar-refractivity contribution in [3.63, 3.8) is 0 Å². The van der Waals surface area contributed by atoms with E-state index in [0.717, 1.165) is 23.1 Å². The monoisotopic (exact) mass is 426 g/mol. The highest BCUT2D eigenvalue weighted by Gasteiger charge is 2.33. The Bertz CT molecular complexity index is 974. The standard InChI is InChI=1S/C21H19F5N2O2/c1-12-9-14(21(24,25)26)5-4-13(12)10-19(29)27-17-3-2-8-28(20(17)30)18-7-6-15(22)11-16(18)23/h4-7,9,11,17H,2-3,8,10H2,1H3,(H,27,29). The van der Waals surface area contributed by atoms with Crippen LogP contribution in [-0.4, -0.2) is 24.4 Å². The Kier molecular flexibility index (Phi) is 6.09. The highest BCUT2D eigenvalue weighted by atomic mass is 19.4. The summed E-state index contributed by atoms with van der Waals surface area (Å²) in [5.74, 6) is -2.70. The van der Waals surface area contributed by atoms with Crippen LogP contribution in [0.1, 0.15) is 29.5 Å². The highest BCUT2D eigenvalue weighted by molar-refractivity contribution is 6.00. The Morgan fingerprint density at radius 1 is 1.17 bits per heavy atom. The van der Waals surface area contributed by atoms with Crippen molar-refractivity contribution in [2.45, 2.75) is 38.4 Å². The first-order valence-corrected chi connectivity index (χ1v) is 9.29. The predicted octanol–water partition coefficient (Wildman–Crippen LogP) is 4.15. The molecule has 1 aliphatic rings. The van der Waals surface area contributed by atoms with Gasteiger partial charge in [0.05, 0.1) is 17.7 Å². The fraction of sp³-hybridized carbons (Fsp3) is 0.333. The third kappa shape index (κ3) is 4.77. The van der Waals surface area contributed by atoms with Gasteiger partial charge in [-0.3, -0.25) is 9.59 Å². The average Bonchev–Trinajstić information content (AvgIpc) is 2.65. The molecule has 2 amide bonds. The van der Waals surface area contributed by atoms with Crippen molar-refractivity contribution in [2.75, 3.05) is 11.4 Å². The van der Waals surface area contributed by atoms with Gasteiger partial charge < -0.3 is 10.2 Å². The van der Waals surface area contributed by atoms with E-state index in [1.54, 1.807) is 0 Å². The highest BCUT2D eigenvalue weighted by Crippen LogP contribution is 2.30. The second-order valence-corrected chi connectivity index (χ2v) is 7.16. The molecule has 3 rings (SSSR count). The number of halogens is 5. The first kappa shape index (κ1) is 21.7. The van der Waals surface area contributed by atoms with Crippen LogP contribution in [0.3, 0.4) is 0 Å². The van der Waals surface area contributed by atoms with E-state index in [2.05, 4.69) is 5.32 Å². The lowest BCUT2D eigenvalue weighted by Gasteiger charge is -2.33. The average molecular weight is 426 g/mol. The minimum Gasteiger partial charge on any atom is -0.344 e. The van der Waals surface area contributed by atoms with Gasteiger partial charge in [0.1, 0.15) is 17.7 Å². The molecule has 1 atom stereocenters. The van der Waals surface area contributed by atoms with Crippen LogP contribution in [0.2, 0.25) is 0 Å². The van der Waals surface area contributed by atoms with Gasteiger partial charge in [0, 0.05) is 12.6 Å². The molecule has 1 N–H and O–H groups in total. The molecule has 1 aliphatic heterocycles. The Labute approximate surface area is 169 Å². The maximum atomic E-state index is 14.0. The van der Waals surface area contributed by atoms with Crippen LogP contribution >= 0.6 is 0 Å². The van der Waals surface area contributed by atoms with Gasteiger partial charge >= 0.3 is 6.18 Å². The van der Waals surface area contributed by atoms with Gasteiger partial charge in [-0.15, -0.1) is 0 Å². The molecule has 0 radical (unpaired) electrons. The number of alkyl halides is 3. The van der Waals surface area contributed by atoms with E-state index >= 15 is 0 Å². The van der Waals surface area contributed by atoms with Crippen LogP contribution in [0.4, 0.5) is 27.6 Å². The summed E-state index contributed by atoms with van der Waals surface area (Å²) in [6.07, 6.45) is -3.83. The summed E-state index contributed by atoms with van der Waals surface area (Å²) in [7, 11) is 0. The van der Waals surface area contributed by atoms with Gasteiger partial charge in [0.15, 0.2) is 0 Å². The molecule has 0 aromatic heterocycles. The molecule has 1 fully saturated rings. The quantitative estimate of drug-likeness (QED) is 0.747. The fourth-order valence-electron chi connectivity index (χ4n) is 3.44. The van der Waals surface area contributed by atoms with Gasteiger partial charge in [-0.2, -0.15) is 13.2 Å². The number of hydrogen-bond donors (Lipinski definition) is 1. The molecule has 0 saturated carbocycles. The van der Waals surface area contributed by atoms with Crippen molar-refractivity contribution in [3.8, 4) is 0 Å². The summed E-state index contributed by atoms with van der Waals surface area (Å²) >= 11 is 0. The maximum Gasteiger partial charge on any atom is 0.416 e. The lowest BCUT2D eigenvalue weighted by Crippen LogP contribution is -2.53. The molecule has 160 valence electrons. The second-order valence-electron chi connectivity index (χ2n) is 7.16. The SMILES string of the molecule is Cc1cc(C(F)(F)F)ccc1CC(=O)NC1CCCN(c2ccc(F)cc2F)C1=O. The van der Waals surface area contributed by atoms with E-state index in [-0.39, 0.29) is 18.7 Å². The molecule has 1 heterocycles. The van der Waals surface area contributed by atoms with Crippen molar-refractivity contribution in [1.82, 2.24) is 5.32 Å². The summed E-state index contributed by atoms with van der Waals surface area (Å²) < 4.78 is 65.5. The number of rotatable bonds is 4. The summed E-state index contributed by atoms with van der Waals surface area (Å²) in [6.45, 7) is 1.70. The Hall–Kier alpha value is -2.97. The van der Waals surface area contributed by atoms with Crippen LogP contribution in [-0.2, 0) is 22.2 Å². The Balaban J connectivity index is 1.68. The lowest BCUT2D eigenvalue weighted by atomic mass is 10.0. The normalized spacial score (nSPS) is 17.2. The Morgan fingerprint density at radius 3 is 2.53 bits per heavy atom. The molecular formula is C21H19F5N2O2. The molecule has 0 spiro atoms. The molecular weight excluding hydrogens is 407 g/mol. The van der Waals surface area contributed by atoms with E-state index in [1.165, 1.54) is 19.1 Å². The first-order chi connectivity index (χ1) is 14.1. The van der Waals surface area contributed by atoms with E-state index in [0.29, 0.717) is 30.0 Å². The maximum absolute atomic E-state index is 14.0. The molecule has 30 heavy (non-hydrogen) atoms. The number of anilines is 1. The number of amides is 2. The number of benzene rings is 2. The van der Waals surface area contributed by atoms with Crippen LogP contribution in [0.25, 0.3) is 0 Å². The van der Waals surface area contributed by atoms with Crippen LogP contribution in [0.5, 0.6) is 0 Å². The van der Waals surface area contributed by atoms with Crippen molar-refractivity contribution in [3.05, 3.63) is 64.7 Å². The third-order valence-corrected chi connectivity index (χ3v) is 5.00. The Morgan fingerprint density at radius 2 is 1.90 bits per heavy atom. The topological polar surface area (TPSA) is 49.4 Å². The second kappa shape index (κ2) is 8.41. The van der Waals surface area contributed by atoms with Crippen LogP contribution < -0.4 is 10.2 Å². The number of nitrogens with zero attached hydrogens (tertiary/aromatic N) is 1. The largest absolute Gasteiger partial charge is 0.416 e. The first-order valence-electron chi connectivity index (χ1n) is 9.29. The number of carbonyl (C=O) groups excluding carboxylic acids is 2. The predicted molar refractivity (Wildman–Crippen MR) is 99.8 cm³/mol. The summed E-state index contributed by atoms with van der Waals surface area (Å²) in [5.41, 5.74) is -0.155. The van der Waals surface area contributed by atoms with Crippen molar-refractivity contribution < 1.29 is 31.5 Å². The van der Waals surface area contributed by atoms with Gasteiger partial charge in [0.2, 0.25) is 11.8 Å². The molecule has 2 aromatic carbocycles. The minimum atomic E-state index is -4.47. The number of hydrogen-bond acceptors (Lipinski definition) is 2. The molecule has 9 heteroatoms. The van der Waals surface area contributed by atoms with Gasteiger partial charge in [-0.1, -0.05) is 6.07 Å². The van der Waals surface area contributed by atoms with Gasteiger partial charge in [-0.25, -0.2) is 8.78 Å². The smallest absolute Gasteiger partial charge is 0.344 e. The van der Waals surface area contributed by atoms with Crippen molar-refractivity contribution in [2.24, 2.45) is 0 Å². The molecule has 2 aromatic rings. The minimum absolute atomic E-state index is 0.0704. The lowest BCUT2D eigenvalue weighted by molar-refractivity contribution is -0.137. The van der Waals surface area contributed by atoms with Crippen molar-refractivity contribution in [1.29, 1.82) is 0 Å². The zero-order valence-electron chi connectivity index (χ0n) is 16.0. The summed E-state index contributed by atoms with van der Waals surface area (Å²) in [5, 5.41) is 2.57. The van der Waals surface area contributed by atoms with Crippen LogP contribution in [0.15, 0.2) is 36.4 Å². The van der Waals surface area contributed by atoms with E-state index < -0.39 is 41.2 Å². The summed E-state index contributed by atoms with van der Waals surface area (Å²) in [6, 6.07) is 5.09. The van der Waals surface area contributed by atoms with Gasteiger partial charge in [-0.05, 0) is 55.2 Å². The zero-order chi connectivity index (χ0) is 22.1. The molecule has 0 bridgehead atoms. The van der Waals surface area contributed by atoms with E-state index in [1.807, 2.05) is 0 Å². The molecule has 1 saturated heterocycles. The number of carbonyl (C=O) groups is 2. The number of aryl methyl sites for hydroxylation is 1. The number of nitrogens with one attached hydrogen (secondary N) is 1. The molecule has 4 nitrogen and oxygen atoms in total. The third-order valence-electron chi connectivity index (χ3n) is 5.00. The molecule has 1 unspecified atom stereocenters. The number of piperidine rings is 1. The van der Waals surface area contributed by atoms with Crippen LogP contribution in [0, 0.1) is 18.6 Å². The van der Waals surface area contributed by atoms with E-state index in [4.69, 9.17) is 0 Å². The van der Waals surface area contributed by atoms with Crippen molar-refractivity contribution >= 4 is 17.5 Å².